The van der Waals surface area contributed by atoms with Crippen LogP contribution in [-0.4, -0.2) is 32.5 Å². The van der Waals surface area contributed by atoms with Crippen molar-refractivity contribution in [2.75, 3.05) is 6.54 Å². The summed E-state index contributed by atoms with van der Waals surface area (Å²) < 4.78 is 39.4. The molecule has 2 atom stereocenters. The maximum absolute atomic E-state index is 12.5. The van der Waals surface area contributed by atoms with Gasteiger partial charge in [0.25, 0.3) is 0 Å². The lowest BCUT2D eigenvalue weighted by molar-refractivity contribution is -0.137. The Labute approximate surface area is 131 Å². The molecule has 0 radical (unpaired) electrons. The molecule has 23 heavy (non-hydrogen) atoms. The Bertz CT molecular complexity index is 653. The van der Waals surface area contributed by atoms with E-state index in [0.29, 0.717) is 12.1 Å². The summed E-state index contributed by atoms with van der Waals surface area (Å²) in [6, 6.07) is 4.76. The van der Waals surface area contributed by atoms with Gasteiger partial charge >= 0.3 is 6.18 Å². The van der Waals surface area contributed by atoms with Crippen LogP contribution in [0.25, 0.3) is 0 Å². The Balaban J connectivity index is 1.54. The summed E-state index contributed by atoms with van der Waals surface area (Å²) in [6.07, 6.45) is -1.99. The van der Waals surface area contributed by atoms with Gasteiger partial charge in [-0.3, -0.25) is 0 Å². The third-order valence-corrected chi connectivity index (χ3v) is 4.03. The van der Waals surface area contributed by atoms with Crippen molar-refractivity contribution in [1.82, 2.24) is 20.1 Å². The number of aliphatic hydroxyl groups is 1. The molecule has 0 saturated carbocycles. The van der Waals surface area contributed by atoms with Crippen LogP contribution in [0.5, 0.6) is 0 Å². The van der Waals surface area contributed by atoms with E-state index in [1.165, 1.54) is 18.5 Å². The van der Waals surface area contributed by atoms with E-state index in [0.717, 1.165) is 30.8 Å². The van der Waals surface area contributed by atoms with Crippen molar-refractivity contribution in [2.45, 2.75) is 37.7 Å². The van der Waals surface area contributed by atoms with Gasteiger partial charge < -0.3 is 10.4 Å². The smallest absolute Gasteiger partial charge is 0.387 e. The average Bonchev–Trinajstić information content (AvgIpc) is 2.99. The van der Waals surface area contributed by atoms with Gasteiger partial charge in [-0.25, -0.2) is 9.67 Å². The number of aryl methyl sites for hydroxylation is 1. The highest BCUT2D eigenvalue weighted by molar-refractivity contribution is 5.26. The predicted molar refractivity (Wildman–Crippen MR) is 76.5 cm³/mol. The molecule has 0 aliphatic carbocycles. The number of aromatic nitrogens is 3. The first kappa shape index (κ1) is 15.9. The molecule has 1 aliphatic heterocycles. The van der Waals surface area contributed by atoms with E-state index >= 15 is 0 Å². The van der Waals surface area contributed by atoms with Crippen molar-refractivity contribution in [3.63, 3.8) is 0 Å². The number of hydrogen-bond acceptors (Lipinski definition) is 4. The highest BCUT2D eigenvalue weighted by Crippen LogP contribution is 2.29. The number of nitrogens with one attached hydrogen (secondary N) is 1. The number of fused-ring (bicyclic) bond motifs is 1. The fraction of sp³-hybridized carbons (Fsp3) is 0.467. The first-order chi connectivity index (χ1) is 10.9. The van der Waals surface area contributed by atoms with E-state index in [1.54, 1.807) is 0 Å². The van der Waals surface area contributed by atoms with Crippen molar-refractivity contribution in [3.8, 4) is 0 Å². The van der Waals surface area contributed by atoms with Gasteiger partial charge in [0.15, 0.2) is 0 Å². The van der Waals surface area contributed by atoms with Gasteiger partial charge in [-0.05, 0) is 24.1 Å². The van der Waals surface area contributed by atoms with Crippen LogP contribution >= 0.6 is 0 Å². The van der Waals surface area contributed by atoms with Gasteiger partial charge in [-0.1, -0.05) is 12.1 Å². The molecule has 5 nitrogen and oxygen atoms in total. The van der Waals surface area contributed by atoms with E-state index in [-0.39, 0.29) is 12.6 Å². The summed E-state index contributed by atoms with van der Waals surface area (Å²) in [4.78, 5) is 4.14. The standard InChI is InChI=1S/C15H17F3N4O/c16-15(17,18)11-3-1-10(2-4-11)13(23)7-19-12-5-6-14-20-9-21-22(14)8-12/h1-4,9,12-13,19,23H,5-8H2/t12-,13+/m1/s1. The molecule has 2 heterocycles. The summed E-state index contributed by atoms with van der Waals surface area (Å²) in [5.74, 6) is 0.950. The van der Waals surface area contributed by atoms with Crippen molar-refractivity contribution >= 4 is 0 Å². The Morgan fingerprint density at radius 2 is 2.04 bits per heavy atom. The van der Waals surface area contributed by atoms with E-state index in [9.17, 15) is 18.3 Å². The van der Waals surface area contributed by atoms with Crippen LogP contribution in [0.3, 0.4) is 0 Å². The summed E-state index contributed by atoms with van der Waals surface area (Å²) in [5.41, 5.74) is -0.254. The number of hydrogen-bond donors (Lipinski definition) is 2. The molecule has 0 amide bonds. The van der Waals surface area contributed by atoms with Gasteiger partial charge in [0.1, 0.15) is 12.2 Å². The Hall–Kier alpha value is -1.93. The number of halogens is 3. The van der Waals surface area contributed by atoms with Crippen molar-refractivity contribution in [1.29, 1.82) is 0 Å². The molecule has 2 aromatic rings. The van der Waals surface area contributed by atoms with Crippen LogP contribution in [0.15, 0.2) is 30.6 Å². The average molecular weight is 326 g/mol. The van der Waals surface area contributed by atoms with Gasteiger partial charge in [0.2, 0.25) is 0 Å². The van der Waals surface area contributed by atoms with Crippen LogP contribution < -0.4 is 5.32 Å². The molecule has 0 spiro atoms. The number of nitrogens with zero attached hydrogens (tertiary/aromatic N) is 3. The Morgan fingerprint density at radius 1 is 1.30 bits per heavy atom. The lowest BCUT2D eigenvalue weighted by atomic mass is 10.0. The minimum absolute atomic E-state index is 0.160. The molecule has 0 bridgehead atoms. The van der Waals surface area contributed by atoms with Crippen LogP contribution in [0.4, 0.5) is 13.2 Å². The number of benzene rings is 1. The largest absolute Gasteiger partial charge is 0.416 e. The minimum atomic E-state index is -4.36. The quantitative estimate of drug-likeness (QED) is 0.901. The second kappa shape index (κ2) is 6.29. The van der Waals surface area contributed by atoms with Gasteiger partial charge in [-0.15, -0.1) is 0 Å². The summed E-state index contributed by atoms with van der Waals surface area (Å²) in [7, 11) is 0. The zero-order valence-corrected chi connectivity index (χ0v) is 12.3. The Kier molecular flexibility index (Phi) is 4.36. The maximum Gasteiger partial charge on any atom is 0.416 e. The number of aliphatic hydroxyl groups excluding tert-OH is 1. The second-order valence-electron chi connectivity index (χ2n) is 5.64. The molecule has 1 aromatic carbocycles. The summed E-state index contributed by atoms with van der Waals surface area (Å²) in [5, 5.41) is 17.5. The van der Waals surface area contributed by atoms with Gasteiger partial charge in [0, 0.05) is 19.0 Å². The normalized spacial score (nSPS) is 19.4. The SMILES string of the molecule is O[C@@H](CN[C@@H]1CCc2ncnn2C1)c1ccc(C(F)(F)F)cc1. The lowest BCUT2D eigenvalue weighted by Gasteiger charge is -2.25. The molecule has 0 fully saturated rings. The monoisotopic (exact) mass is 326 g/mol. The third kappa shape index (κ3) is 3.70. The highest BCUT2D eigenvalue weighted by Gasteiger charge is 2.30. The topological polar surface area (TPSA) is 63.0 Å². The molecule has 8 heteroatoms. The van der Waals surface area contributed by atoms with Crippen LogP contribution in [-0.2, 0) is 19.1 Å². The number of rotatable bonds is 4. The molecule has 1 aliphatic rings. The Morgan fingerprint density at radius 3 is 2.74 bits per heavy atom. The fourth-order valence-electron chi connectivity index (χ4n) is 2.69. The predicted octanol–water partition coefficient (Wildman–Crippen LogP) is 1.93. The second-order valence-corrected chi connectivity index (χ2v) is 5.64. The molecule has 124 valence electrons. The molecular weight excluding hydrogens is 309 g/mol. The van der Waals surface area contributed by atoms with Gasteiger partial charge in [0.05, 0.1) is 18.2 Å². The zero-order chi connectivity index (χ0) is 16.4. The third-order valence-electron chi connectivity index (χ3n) is 4.03. The van der Waals surface area contributed by atoms with Crippen molar-refractivity contribution in [2.24, 2.45) is 0 Å². The molecule has 0 unspecified atom stereocenters. The maximum atomic E-state index is 12.5. The summed E-state index contributed by atoms with van der Waals surface area (Å²) >= 11 is 0. The van der Waals surface area contributed by atoms with Crippen molar-refractivity contribution in [3.05, 3.63) is 47.5 Å². The zero-order valence-electron chi connectivity index (χ0n) is 12.3. The van der Waals surface area contributed by atoms with Crippen molar-refractivity contribution < 1.29 is 18.3 Å². The first-order valence-electron chi connectivity index (χ1n) is 7.39. The first-order valence-corrected chi connectivity index (χ1v) is 7.39. The van der Waals surface area contributed by atoms with E-state index in [4.69, 9.17) is 0 Å². The fourth-order valence-corrected chi connectivity index (χ4v) is 2.69. The van der Waals surface area contributed by atoms with Crippen LogP contribution in [0, 0.1) is 0 Å². The molecule has 2 N–H and O–H groups in total. The van der Waals surface area contributed by atoms with E-state index in [1.807, 2.05) is 4.68 Å². The van der Waals surface area contributed by atoms with Crippen LogP contribution in [0.2, 0.25) is 0 Å². The lowest BCUT2D eigenvalue weighted by Crippen LogP contribution is -2.39. The molecule has 3 rings (SSSR count). The number of alkyl halides is 3. The van der Waals surface area contributed by atoms with E-state index in [2.05, 4.69) is 15.4 Å². The summed E-state index contributed by atoms with van der Waals surface area (Å²) in [6.45, 7) is 0.953. The minimum Gasteiger partial charge on any atom is -0.387 e. The van der Waals surface area contributed by atoms with Gasteiger partial charge in [-0.2, -0.15) is 18.3 Å². The molecule has 0 saturated heterocycles. The molecule has 1 aromatic heterocycles. The van der Waals surface area contributed by atoms with E-state index < -0.39 is 17.8 Å². The van der Waals surface area contributed by atoms with Crippen LogP contribution in [0.1, 0.15) is 29.5 Å². The molecular formula is C15H17F3N4O. The highest BCUT2D eigenvalue weighted by atomic mass is 19.4.